The van der Waals surface area contributed by atoms with Crippen molar-refractivity contribution in [3.63, 3.8) is 0 Å². The molecule has 0 unspecified atom stereocenters. The summed E-state index contributed by atoms with van der Waals surface area (Å²) in [6.07, 6.45) is 5.38. The third-order valence-electron chi connectivity index (χ3n) is 4.62. The van der Waals surface area contributed by atoms with Crippen LogP contribution in [0.25, 0.3) is 0 Å². The van der Waals surface area contributed by atoms with Gasteiger partial charge in [0, 0.05) is 13.1 Å². The maximum atomic E-state index is 11.9. The molecule has 1 aromatic carbocycles. The average molecular weight is 317 g/mol. The van der Waals surface area contributed by atoms with Gasteiger partial charge in [-0.15, -0.1) is 0 Å². The molecule has 0 spiro atoms. The lowest BCUT2D eigenvalue weighted by Crippen LogP contribution is -2.43. The fraction of sp³-hybridized carbons (Fsp3) is 0.632. The van der Waals surface area contributed by atoms with Crippen LogP contribution in [0.5, 0.6) is 0 Å². The fourth-order valence-corrected chi connectivity index (χ4v) is 2.92. The Hall–Kier alpha value is -1.39. The molecule has 0 bridgehead atoms. The SMILES string of the molecule is CC(C)[C@H](N)C(=O)NCc1ccc(CN2CCCCCC2)cc1. The van der Waals surface area contributed by atoms with Gasteiger partial charge in [0.2, 0.25) is 5.91 Å². The van der Waals surface area contributed by atoms with Gasteiger partial charge < -0.3 is 11.1 Å². The first-order valence-corrected chi connectivity index (χ1v) is 8.89. The number of carbonyl (C=O) groups excluding carboxylic acids is 1. The number of benzene rings is 1. The zero-order chi connectivity index (χ0) is 16.7. The Morgan fingerprint density at radius 3 is 2.22 bits per heavy atom. The van der Waals surface area contributed by atoms with Crippen LogP contribution in [-0.4, -0.2) is 29.9 Å². The molecule has 1 aromatic rings. The van der Waals surface area contributed by atoms with Crippen molar-refractivity contribution in [2.75, 3.05) is 13.1 Å². The van der Waals surface area contributed by atoms with Gasteiger partial charge in [-0.05, 0) is 43.0 Å². The normalized spacial score (nSPS) is 17.7. The number of hydrogen-bond donors (Lipinski definition) is 2. The highest BCUT2D eigenvalue weighted by Crippen LogP contribution is 2.14. The second kappa shape index (κ2) is 9.04. The second-order valence-electron chi connectivity index (χ2n) is 6.99. The molecule has 0 aliphatic carbocycles. The summed E-state index contributed by atoms with van der Waals surface area (Å²) in [6.45, 7) is 7.92. The minimum atomic E-state index is -0.433. The molecular formula is C19H31N3O. The topological polar surface area (TPSA) is 58.4 Å². The summed E-state index contributed by atoms with van der Waals surface area (Å²) < 4.78 is 0. The number of hydrogen-bond acceptors (Lipinski definition) is 3. The molecule has 1 aliphatic rings. The maximum Gasteiger partial charge on any atom is 0.237 e. The van der Waals surface area contributed by atoms with Gasteiger partial charge in [0.25, 0.3) is 0 Å². The molecule has 0 aromatic heterocycles. The third kappa shape index (κ3) is 5.96. The first-order valence-electron chi connectivity index (χ1n) is 8.89. The molecule has 23 heavy (non-hydrogen) atoms. The Kier molecular flexibility index (Phi) is 7.06. The van der Waals surface area contributed by atoms with Gasteiger partial charge in [-0.1, -0.05) is 51.0 Å². The van der Waals surface area contributed by atoms with Crippen molar-refractivity contribution in [3.8, 4) is 0 Å². The number of nitrogens with zero attached hydrogens (tertiary/aromatic N) is 1. The van der Waals surface area contributed by atoms with Crippen LogP contribution >= 0.6 is 0 Å². The van der Waals surface area contributed by atoms with E-state index in [4.69, 9.17) is 5.73 Å². The van der Waals surface area contributed by atoms with Crippen molar-refractivity contribution >= 4 is 5.91 Å². The molecule has 1 aliphatic heterocycles. The van der Waals surface area contributed by atoms with E-state index in [0.29, 0.717) is 6.54 Å². The summed E-state index contributed by atoms with van der Waals surface area (Å²) in [5, 5.41) is 2.91. The fourth-order valence-electron chi connectivity index (χ4n) is 2.92. The van der Waals surface area contributed by atoms with E-state index in [-0.39, 0.29) is 11.8 Å². The first kappa shape index (κ1) is 18.0. The molecule has 2 rings (SSSR count). The molecule has 1 amide bonds. The Morgan fingerprint density at radius 2 is 1.65 bits per heavy atom. The molecule has 1 fully saturated rings. The minimum absolute atomic E-state index is 0.0753. The lowest BCUT2D eigenvalue weighted by Gasteiger charge is -2.20. The average Bonchev–Trinajstić information content (AvgIpc) is 2.81. The largest absolute Gasteiger partial charge is 0.351 e. The summed E-state index contributed by atoms with van der Waals surface area (Å²) in [5.41, 5.74) is 8.31. The van der Waals surface area contributed by atoms with Gasteiger partial charge in [-0.25, -0.2) is 0 Å². The van der Waals surface area contributed by atoms with Crippen LogP contribution < -0.4 is 11.1 Å². The summed E-state index contributed by atoms with van der Waals surface area (Å²) in [4.78, 5) is 14.4. The van der Waals surface area contributed by atoms with E-state index < -0.39 is 6.04 Å². The van der Waals surface area contributed by atoms with Crippen molar-refractivity contribution in [2.24, 2.45) is 11.7 Å². The van der Waals surface area contributed by atoms with Crippen LogP contribution in [0.3, 0.4) is 0 Å². The van der Waals surface area contributed by atoms with E-state index in [1.165, 1.54) is 44.3 Å². The monoisotopic (exact) mass is 317 g/mol. The molecule has 3 N–H and O–H groups in total. The van der Waals surface area contributed by atoms with Crippen molar-refractivity contribution in [2.45, 2.75) is 58.7 Å². The molecule has 128 valence electrons. The van der Waals surface area contributed by atoms with Crippen LogP contribution in [0.4, 0.5) is 0 Å². The highest BCUT2D eigenvalue weighted by Gasteiger charge is 2.16. The van der Waals surface area contributed by atoms with E-state index in [1.54, 1.807) is 0 Å². The summed E-state index contributed by atoms with van der Waals surface area (Å²) in [7, 11) is 0. The molecule has 0 radical (unpaired) electrons. The zero-order valence-corrected chi connectivity index (χ0v) is 14.6. The number of nitrogens with two attached hydrogens (primary N) is 1. The van der Waals surface area contributed by atoms with Gasteiger partial charge in [-0.2, -0.15) is 0 Å². The Morgan fingerprint density at radius 1 is 1.09 bits per heavy atom. The predicted molar refractivity (Wildman–Crippen MR) is 94.8 cm³/mol. The molecule has 0 saturated carbocycles. The lowest BCUT2D eigenvalue weighted by molar-refractivity contribution is -0.123. The Labute approximate surface area is 140 Å². The Bertz CT molecular complexity index is 476. The number of carbonyl (C=O) groups is 1. The van der Waals surface area contributed by atoms with Crippen molar-refractivity contribution in [3.05, 3.63) is 35.4 Å². The number of amides is 1. The molecule has 1 heterocycles. The van der Waals surface area contributed by atoms with Gasteiger partial charge in [-0.3, -0.25) is 9.69 Å². The van der Waals surface area contributed by atoms with Crippen LogP contribution in [0.2, 0.25) is 0 Å². The predicted octanol–water partition coefficient (Wildman–Crippen LogP) is 2.66. The quantitative estimate of drug-likeness (QED) is 0.848. The van der Waals surface area contributed by atoms with Gasteiger partial charge >= 0.3 is 0 Å². The smallest absolute Gasteiger partial charge is 0.237 e. The Balaban J connectivity index is 1.81. The van der Waals surface area contributed by atoms with Gasteiger partial charge in [0.1, 0.15) is 0 Å². The highest BCUT2D eigenvalue weighted by atomic mass is 16.2. The summed E-state index contributed by atoms with van der Waals surface area (Å²) in [6, 6.07) is 8.13. The summed E-state index contributed by atoms with van der Waals surface area (Å²) >= 11 is 0. The second-order valence-corrected chi connectivity index (χ2v) is 6.99. The van der Waals surface area contributed by atoms with Crippen molar-refractivity contribution in [1.82, 2.24) is 10.2 Å². The van der Waals surface area contributed by atoms with Crippen molar-refractivity contribution in [1.29, 1.82) is 0 Å². The molecular weight excluding hydrogens is 286 g/mol. The van der Waals surface area contributed by atoms with Crippen molar-refractivity contribution < 1.29 is 4.79 Å². The maximum absolute atomic E-state index is 11.9. The summed E-state index contributed by atoms with van der Waals surface area (Å²) in [5.74, 6) is 0.0830. The van der Waals surface area contributed by atoms with Gasteiger partial charge in [0.15, 0.2) is 0 Å². The van der Waals surface area contributed by atoms with E-state index in [0.717, 1.165) is 12.1 Å². The van der Waals surface area contributed by atoms with E-state index in [9.17, 15) is 4.79 Å². The number of likely N-dealkylation sites (tertiary alicyclic amines) is 1. The number of nitrogens with one attached hydrogen (secondary N) is 1. The molecule has 1 atom stereocenters. The lowest BCUT2D eigenvalue weighted by atomic mass is 10.0. The number of rotatable bonds is 6. The molecule has 1 saturated heterocycles. The minimum Gasteiger partial charge on any atom is -0.351 e. The first-order chi connectivity index (χ1) is 11.1. The van der Waals surface area contributed by atoms with E-state index in [1.807, 2.05) is 13.8 Å². The highest BCUT2D eigenvalue weighted by molar-refractivity contribution is 5.81. The molecule has 4 heteroatoms. The van der Waals surface area contributed by atoms with E-state index >= 15 is 0 Å². The van der Waals surface area contributed by atoms with E-state index in [2.05, 4.69) is 34.5 Å². The third-order valence-corrected chi connectivity index (χ3v) is 4.62. The van der Waals surface area contributed by atoms with Crippen LogP contribution in [-0.2, 0) is 17.9 Å². The molecule has 4 nitrogen and oxygen atoms in total. The van der Waals surface area contributed by atoms with Gasteiger partial charge in [0.05, 0.1) is 6.04 Å². The zero-order valence-electron chi connectivity index (χ0n) is 14.6. The van der Waals surface area contributed by atoms with Crippen LogP contribution in [0, 0.1) is 5.92 Å². The standard InChI is InChI=1S/C19H31N3O/c1-15(2)18(20)19(23)21-13-16-7-9-17(10-8-16)14-22-11-5-3-4-6-12-22/h7-10,15,18H,3-6,11-14,20H2,1-2H3,(H,21,23)/t18-/m0/s1. The van der Waals surface area contributed by atoms with Crippen LogP contribution in [0.1, 0.15) is 50.7 Å². The van der Waals surface area contributed by atoms with Crippen LogP contribution in [0.15, 0.2) is 24.3 Å².